The number of benzene rings is 1. The summed E-state index contributed by atoms with van der Waals surface area (Å²) in [5, 5.41) is 3.02. The number of pyridine rings is 1. The van der Waals surface area contributed by atoms with E-state index in [0.29, 0.717) is 17.8 Å². The Morgan fingerprint density at radius 1 is 1.00 bits per heavy atom. The van der Waals surface area contributed by atoms with Crippen LogP contribution in [0, 0.1) is 0 Å². The zero-order valence-corrected chi connectivity index (χ0v) is 10.7. The summed E-state index contributed by atoms with van der Waals surface area (Å²) < 4.78 is 0. The third-order valence-corrected chi connectivity index (χ3v) is 3.13. The van der Waals surface area contributed by atoms with E-state index in [9.17, 15) is 9.59 Å². The molecule has 20 heavy (non-hydrogen) atoms. The molecule has 0 bridgehead atoms. The molecule has 0 amide bonds. The second kappa shape index (κ2) is 5.09. The predicted molar refractivity (Wildman–Crippen MR) is 74.3 cm³/mol. The van der Waals surface area contributed by atoms with Gasteiger partial charge in [0, 0.05) is 18.8 Å². The number of Topliss-reactive ketones (excluding diaryl/α,β-unsaturated/α-hetero) is 1. The highest BCUT2D eigenvalue weighted by atomic mass is 16.1. The largest absolute Gasteiger partial charge is 0.378 e. The third-order valence-electron chi connectivity index (χ3n) is 3.13. The Kier molecular flexibility index (Phi) is 3.13. The lowest BCUT2D eigenvalue weighted by molar-refractivity contribution is 0.0974. The fraction of sp³-hybridized carbons (Fsp3) is 0.0625. The summed E-state index contributed by atoms with van der Waals surface area (Å²) >= 11 is 0. The Hall–Kier alpha value is -2.75. The van der Waals surface area contributed by atoms with Gasteiger partial charge < -0.3 is 5.32 Å². The summed E-state index contributed by atoms with van der Waals surface area (Å²) in [6.07, 6.45) is 2.83. The van der Waals surface area contributed by atoms with E-state index in [1.807, 2.05) is 30.3 Å². The fourth-order valence-corrected chi connectivity index (χ4v) is 2.12. The summed E-state index contributed by atoms with van der Waals surface area (Å²) in [5.74, 6) is -0.431. The van der Waals surface area contributed by atoms with Gasteiger partial charge in [0.05, 0.1) is 11.3 Å². The summed E-state index contributed by atoms with van der Waals surface area (Å²) in [7, 11) is 0. The molecule has 1 aliphatic rings. The number of nitrogens with zero attached hydrogens (tertiary/aromatic N) is 1. The van der Waals surface area contributed by atoms with Crippen molar-refractivity contribution in [2.75, 3.05) is 0 Å². The van der Waals surface area contributed by atoms with Gasteiger partial charge in [0.25, 0.3) is 0 Å². The molecule has 0 spiro atoms. The Labute approximate surface area is 116 Å². The van der Waals surface area contributed by atoms with Gasteiger partial charge in [0.2, 0.25) is 11.6 Å². The van der Waals surface area contributed by atoms with E-state index in [1.54, 1.807) is 12.1 Å². The minimum Gasteiger partial charge on any atom is -0.378 e. The van der Waals surface area contributed by atoms with Gasteiger partial charge in [0.1, 0.15) is 5.69 Å². The lowest BCUT2D eigenvalue weighted by Crippen LogP contribution is -2.27. The van der Waals surface area contributed by atoms with E-state index in [0.717, 1.165) is 5.56 Å². The molecule has 0 saturated carbocycles. The van der Waals surface area contributed by atoms with Crippen molar-refractivity contribution < 1.29 is 9.59 Å². The molecule has 4 heteroatoms. The lowest BCUT2D eigenvalue weighted by Gasteiger charge is -2.15. The van der Waals surface area contributed by atoms with Crippen molar-refractivity contribution in [1.82, 2.24) is 10.3 Å². The van der Waals surface area contributed by atoms with Gasteiger partial charge in [-0.05, 0) is 17.7 Å². The van der Waals surface area contributed by atoms with Gasteiger partial charge in [-0.25, -0.2) is 0 Å². The first kappa shape index (κ1) is 12.3. The molecule has 1 heterocycles. The maximum atomic E-state index is 12.3. The van der Waals surface area contributed by atoms with Crippen LogP contribution >= 0.6 is 0 Å². The molecule has 0 saturated heterocycles. The van der Waals surface area contributed by atoms with Crippen LogP contribution in [-0.2, 0) is 6.54 Å². The standard InChI is InChI=1S/C16H12N2O2/c19-14-9-13(18-10-11-5-2-1-3-6-11)16(20)12-7-4-8-17-15(12)14/h1-9,18H,10H2. The second-order valence-corrected chi connectivity index (χ2v) is 4.49. The van der Waals surface area contributed by atoms with Gasteiger partial charge in [-0.1, -0.05) is 30.3 Å². The van der Waals surface area contributed by atoms with Crippen molar-refractivity contribution in [3.05, 3.63) is 77.3 Å². The monoisotopic (exact) mass is 264 g/mol. The summed E-state index contributed by atoms with van der Waals surface area (Å²) in [6.45, 7) is 0.501. The molecular formula is C16H12N2O2. The zero-order valence-electron chi connectivity index (χ0n) is 10.7. The quantitative estimate of drug-likeness (QED) is 0.922. The molecule has 1 aromatic carbocycles. The Balaban J connectivity index is 1.82. The molecule has 1 aliphatic carbocycles. The van der Waals surface area contributed by atoms with Gasteiger partial charge in [0.15, 0.2) is 0 Å². The molecule has 2 aromatic rings. The van der Waals surface area contributed by atoms with Crippen molar-refractivity contribution in [3.8, 4) is 0 Å². The van der Waals surface area contributed by atoms with Crippen LogP contribution in [0.1, 0.15) is 26.4 Å². The summed E-state index contributed by atoms with van der Waals surface area (Å²) in [6, 6.07) is 13.0. The van der Waals surface area contributed by atoms with Crippen molar-refractivity contribution in [2.24, 2.45) is 0 Å². The highest BCUT2D eigenvalue weighted by Crippen LogP contribution is 2.18. The number of hydrogen-bond acceptors (Lipinski definition) is 4. The number of ketones is 2. The topological polar surface area (TPSA) is 59.1 Å². The van der Waals surface area contributed by atoms with Gasteiger partial charge >= 0.3 is 0 Å². The van der Waals surface area contributed by atoms with Crippen LogP contribution in [0.25, 0.3) is 0 Å². The highest BCUT2D eigenvalue weighted by molar-refractivity contribution is 6.23. The highest BCUT2D eigenvalue weighted by Gasteiger charge is 2.26. The lowest BCUT2D eigenvalue weighted by atomic mass is 9.97. The first-order valence-corrected chi connectivity index (χ1v) is 6.29. The molecular weight excluding hydrogens is 252 g/mol. The van der Waals surface area contributed by atoms with E-state index < -0.39 is 0 Å². The number of allylic oxidation sites excluding steroid dienone is 2. The smallest absolute Gasteiger partial charge is 0.211 e. The zero-order chi connectivity index (χ0) is 13.9. The van der Waals surface area contributed by atoms with Crippen LogP contribution in [0.5, 0.6) is 0 Å². The van der Waals surface area contributed by atoms with Crippen LogP contribution < -0.4 is 5.32 Å². The van der Waals surface area contributed by atoms with Gasteiger partial charge in [-0.15, -0.1) is 0 Å². The minimum atomic E-state index is -0.240. The number of aromatic nitrogens is 1. The van der Waals surface area contributed by atoms with Crippen molar-refractivity contribution in [1.29, 1.82) is 0 Å². The van der Waals surface area contributed by atoms with E-state index in [2.05, 4.69) is 10.3 Å². The molecule has 4 nitrogen and oxygen atoms in total. The SMILES string of the molecule is O=C1C(NCc2ccccc2)=CC(=O)c2ncccc21. The van der Waals surface area contributed by atoms with Gasteiger partial charge in [-0.2, -0.15) is 0 Å². The first-order valence-electron chi connectivity index (χ1n) is 6.29. The number of carbonyl (C=O) groups excluding carboxylic acids is 2. The Morgan fingerprint density at radius 2 is 1.80 bits per heavy atom. The van der Waals surface area contributed by atoms with E-state index >= 15 is 0 Å². The number of carbonyl (C=O) groups is 2. The number of nitrogens with one attached hydrogen (secondary N) is 1. The van der Waals surface area contributed by atoms with E-state index in [4.69, 9.17) is 0 Å². The molecule has 0 aliphatic heterocycles. The molecule has 1 N–H and O–H groups in total. The van der Waals surface area contributed by atoms with Crippen LogP contribution in [0.2, 0.25) is 0 Å². The molecule has 0 unspecified atom stereocenters. The summed E-state index contributed by atoms with van der Waals surface area (Å²) in [5.41, 5.74) is 1.95. The molecule has 0 atom stereocenters. The normalized spacial score (nSPS) is 13.7. The third kappa shape index (κ3) is 2.23. The van der Waals surface area contributed by atoms with Crippen LogP contribution in [-0.4, -0.2) is 16.6 Å². The minimum absolute atomic E-state index is 0.191. The van der Waals surface area contributed by atoms with Crippen molar-refractivity contribution in [3.63, 3.8) is 0 Å². The Bertz CT molecular complexity index is 705. The van der Waals surface area contributed by atoms with Gasteiger partial charge in [-0.3, -0.25) is 14.6 Å². The second-order valence-electron chi connectivity index (χ2n) is 4.49. The number of fused-ring (bicyclic) bond motifs is 1. The number of hydrogen-bond donors (Lipinski definition) is 1. The first-order chi connectivity index (χ1) is 9.75. The maximum absolute atomic E-state index is 12.3. The molecule has 1 aromatic heterocycles. The van der Waals surface area contributed by atoms with Crippen molar-refractivity contribution in [2.45, 2.75) is 6.54 Å². The van der Waals surface area contributed by atoms with E-state index in [1.165, 1.54) is 12.3 Å². The van der Waals surface area contributed by atoms with Crippen LogP contribution in [0.3, 0.4) is 0 Å². The number of rotatable bonds is 3. The molecule has 0 radical (unpaired) electrons. The summed E-state index contributed by atoms with van der Waals surface area (Å²) in [4.78, 5) is 28.1. The molecule has 3 rings (SSSR count). The molecule has 98 valence electrons. The van der Waals surface area contributed by atoms with Crippen molar-refractivity contribution >= 4 is 11.6 Å². The Morgan fingerprint density at radius 3 is 2.60 bits per heavy atom. The van der Waals surface area contributed by atoms with E-state index in [-0.39, 0.29) is 17.3 Å². The predicted octanol–water partition coefficient (Wildman–Crippen LogP) is 2.13. The van der Waals surface area contributed by atoms with Crippen LogP contribution in [0.4, 0.5) is 0 Å². The average molecular weight is 264 g/mol. The average Bonchev–Trinajstić information content (AvgIpc) is 2.50. The molecule has 0 fully saturated rings. The fourth-order valence-electron chi connectivity index (χ4n) is 2.12. The van der Waals surface area contributed by atoms with Crippen LogP contribution in [0.15, 0.2) is 60.4 Å². The maximum Gasteiger partial charge on any atom is 0.211 e.